The number of aliphatic carboxylic acids is 1. The van der Waals surface area contributed by atoms with Crippen LogP contribution in [-0.2, 0) is 37.0 Å². The highest BCUT2D eigenvalue weighted by molar-refractivity contribution is 5.76. The summed E-state index contributed by atoms with van der Waals surface area (Å²) in [5.74, 6) is 3.07. The third-order valence-corrected chi connectivity index (χ3v) is 12.3. The molecule has 2 saturated carbocycles. The van der Waals surface area contributed by atoms with Crippen LogP contribution in [0.3, 0.4) is 0 Å². The van der Waals surface area contributed by atoms with E-state index in [1.807, 2.05) is 72.7 Å². The predicted molar refractivity (Wildman–Crippen MR) is 251 cm³/mol. The van der Waals surface area contributed by atoms with Crippen LogP contribution in [0.1, 0.15) is 134 Å². The van der Waals surface area contributed by atoms with Gasteiger partial charge >= 0.3 is 11.9 Å². The molecule has 0 spiro atoms. The summed E-state index contributed by atoms with van der Waals surface area (Å²) in [5.41, 5.74) is 5.59. The molecule has 3 N–H and O–H groups in total. The molecule has 2 heterocycles. The minimum Gasteiger partial charge on any atom is -0.480 e. The Morgan fingerprint density at radius 2 is 1.08 bits per heavy atom. The molecule has 0 bridgehead atoms. The Morgan fingerprint density at radius 3 is 1.45 bits per heavy atom. The van der Waals surface area contributed by atoms with E-state index in [0.717, 1.165) is 98.5 Å². The quantitative estimate of drug-likeness (QED) is 0.0814. The Balaban J connectivity index is 0.000000243. The molecule has 2 aromatic heterocycles. The van der Waals surface area contributed by atoms with Gasteiger partial charge in [0.2, 0.25) is 11.8 Å². The number of hydrogen-bond donors (Lipinski definition) is 3. The van der Waals surface area contributed by atoms with Gasteiger partial charge in [0.1, 0.15) is 40.6 Å². The van der Waals surface area contributed by atoms with E-state index in [0.29, 0.717) is 36.8 Å². The van der Waals surface area contributed by atoms with E-state index in [-0.39, 0.29) is 36.1 Å². The molecule has 0 amide bonds. The lowest BCUT2D eigenvalue weighted by atomic mass is 9.86. The van der Waals surface area contributed by atoms with Crippen molar-refractivity contribution in [2.45, 2.75) is 171 Å². The Bertz CT molecular complexity index is 2050. The number of carbonyl (C=O) groups is 2. The number of nitrogens with zero attached hydrogens (tertiary/aromatic N) is 2. The maximum Gasteiger partial charge on any atom is 0.323 e. The van der Waals surface area contributed by atoms with Gasteiger partial charge in [-0.2, -0.15) is 0 Å². The van der Waals surface area contributed by atoms with Crippen LogP contribution >= 0.6 is 0 Å². The molecule has 2 aliphatic rings. The van der Waals surface area contributed by atoms with Gasteiger partial charge in [-0.15, -0.1) is 0 Å². The number of oxazole rings is 2. The molecule has 6 rings (SSSR count). The van der Waals surface area contributed by atoms with E-state index in [2.05, 4.69) is 72.6 Å². The number of hydrogen-bond acceptors (Lipinski definition) is 11. The monoisotopic (exact) mass is 885 g/mol. The molecule has 0 radical (unpaired) electrons. The molecule has 352 valence electrons. The maximum absolute atomic E-state index is 12.6. The predicted octanol–water partition coefficient (Wildman–Crippen LogP) is 10.7. The van der Waals surface area contributed by atoms with Crippen molar-refractivity contribution < 1.29 is 37.7 Å². The van der Waals surface area contributed by atoms with Gasteiger partial charge in [0, 0.05) is 11.1 Å². The van der Waals surface area contributed by atoms with Crippen LogP contribution in [0.2, 0.25) is 0 Å². The molecule has 2 aliphatic carbocycles. The number of esters is 1. The van der Waals surface area contributed by atoms with E-state index >= 15 is 0 Å². The summed E-state index contributed by atoms with van der Waals surface area (Å²) in [4.78, 5) is 33.3. The number of nitrogens with one attached hydrogen (secondary N) is 2. The molecular weight excluding hydrogens is 809 g/mol. The number of carboxylic acid groups (broad SMARTS) is 1. The largest absolute Gasteiger partial charge is 0.480 e. The Kier molecular flexibility index (Phi) is 18.8. The van der Waals surface area contributed by atoms with Crippen LogP contribution in [0.15, 0.2) is 57.4 Å². The van der Waals surface area contributed by atoms with Crippen LogP contribution in [0.4, 0.5) is 0 Å². The Hall–Kier alpha value is -4.36. The summed E-state index contributed by atoms with van der Waals surface area (Å²) >= 11 is 0. The Labute approximate surface area is 382 Å². The van der Waals surface area contributed by atoms with Gasteiger partial charge in [0.25, 0.3) is 0 Å². The molecular formula is C52H76N4O8. The molecule has 4 aromatic rings. The highest BCUT2D eigenvalue weighted by Gasteiger charge is 2.31. The lowest BCUT2D eigenvalue weighted by molar-refractivity contribution is -0.158. The summed E-state index contributed by atoms with van der Waals surface area (Å²) < 4.78 is 29.8. The van der Waals surface area contributed by atoms with Gasteiger partial charge in [-0.1, -0.05) is 75.9 Å². The molecule has 4 unspecified atom stereocenters. The van der Waals surface area contributed by atoms with Gasteiger partial charge in [0.15, 0.2) is 0 Å². The highest BCUT2D eigenvalue weighted by atomic mass is 16.6. The first-order valence-corrected chi connectivity index (χ1v) is 23.6. The van der Waals surface area contributed by atoms with E-state index < -0.39 is 17.6 Å². The highest BCUT2D eigenvalue weighted by Crippen LogP contribution is 2.30. The van der Waals surface area contributed by atoms with Crippen molar-refractivity contribution in [1.82, 2.24) is 20.6 Å². The summed E-state index contributed by atoms with van der Waals surface area (Å²) in [6.45, 7) is 24.1. The summed E-state index contributed by atoms with van der Waals surface area (Å²) in [6, 6.07) is 15.5. The smallest absolute Gasteiger partial charge is 0.323 e. The molecule has 64 heavy (non-hydrogen) atoms. The minimum atomic E-state index is -0.778. The SMILES string of the molecule is Cc1ccc(-c2nc(COC3CCCC(CN[C@H](C(=O)O)C(C)C)C3)c(C)o2)cc1.Cc1ccc(-c2nc(COC3CCCC(CN[C@H](C(=O)OC(C)(C)C)C(C)C)C3)c(C)o2)cc1. The maximum atomic E-state index is 12.6. The number of ether oxygens (including phenoxy) is 3. The van der Waals surface area contributed by atoms with Crippen molar-refractivity contribution >= 4 is 11.9 Å². The van der Waals surface area contributed by atoms with Crippen molar-refractivity contribution in [2.24, 2.45) is 23.7 Å². The molecule has 2 fully saturated rings. The molecule has 2 aromatic carbocycles. The van der Waals surface area contributed by atoms with Crippen LogP contribution in [0.5, 0.6) is 0 Å². The number of carbonyl (C=O) groups excluding carboxylic acids is 1. The van der Waals surface area contributed by atoms with E-state index in [9.17, 15) is 14.7 Å². The van der Waals surface area contributed by atoms with E-state index in [1.54, 1.807) is 0 Å². The van der Waals surface area contributed by atoms with Crippen LogP contribution in [0.25, 0.3) is 22.9 Å². The summed E-state index contributed by atoms with van der Waals surface area (Å²) in [6.07, 6.45) is 8.86. The number of aryl methyl sites for hydroxylation is 4. The van der Waals surface area contributed by atoms with Crippen molar-refractivity contribution in [3.05, 3.63) is 82.6 Å². The van der Waals surface area contributed by atoms with Crippen molar-refractivity contribution in [3.8, 4) is 22.9 Å². The topological polar surface area (TPSA) is 158 Å². The fourth-order valence-corrected chi connectivity index (χ4v) is 8.47. The molecule has 0 aliphatic heterocycles. The zero-order valence-corrected chi connectivity index (χ0v) is 40.4. The number of benzene rings is 2. The first-order valence-electron chi connectivity index (χ1n) is 23.6. The third kappa shape index (κ3) is 15.7. The molecule has 12 heteroatoms. The standard InChI is InChI=1S/C28H42N2O4.C24H34N2O4/c1-18(2)25(27(31)34-28(5,6)7)29-16-21-9-8-10-23(15-21)32-17-24-20(4)33-26(30-24)22-13-11-19(3)12-14-22;1-15(2)22(24(27)28)25-13-18-6-5-7-20(12-18)29-14-21-17(4)30-23(26-21)19-10-8-16(3)9-11-19/h11-14,18,21,23,25,29H,8-10,15-17H2,1-7H3;8-11,15,18,20,22,25H,5-7,12-14H2,1-4H3,(H,27,28)/t21?,23?,25-;18?,20?,22-/m00/s1. The van der Waals surface area contributed by atoms with Gasteiger partial charge in [-0.3, -0.25) is 9.59 Å². The molecule has 0 saturated heterocycles. The number of carboxylic acids is 1. The second kappa shape index (κ2) is 23.7. The average molecular weight is 885 g/mol. The minimum absolute atomic E-state index is 0.0657. The Morgan fingerprint density at radius 1 is 0.672 bits per heavy atom. The fourth-order valence-electron chi connectivity index (χ4n) is 8.47. The van der Waals surface area contributed by atoms with Crippen LogP contribution in [-0.4, -0.2) is 70.0 Å². The van der Waals surface area contributed by atoms with Gasteiger partial charge in [-0.05, 0) is 148 Å². The second-order valence-corrected chi connectivity index (χ2v) is 19.8. The van der Waals surface area contributed by atoms with E-state index in [4.69, 9.17) is 23.0 Å². The first kappa shape index (κ1) is 50.6. The van der Waals surface area contributed by atoms with Crippen LogP contribution < -0.4 is 10.6 Å². The van der Waals surface area contributed by atoms with Gasteiger partial charge in [0.05, 0.1) is 25.4 Å². The van der Waals surface area contributed by atoms with Crippen LogP contribution in [0, 0.1) is 51.4 Å². The average Bonchev–Trinajstić information content (AvgIpc) is 3.80. The normalized spacial score (nSPS) is 20.1. The number of rotatable bonds is 18. The van der Waals surface area contributed by atoms with Crippen molar-refractivity contribution in [1.29, 1.82) is 0 Å². The lowest BCUT2D eigenvalue weighted by Gasteiger charge is -2.32. The van der Waals surface area contributed by atoms with E-state index in [1.165, 1.54) is 11.1 Å². The molecule has 12 nitrogen and oxygen atoms in total. The zero-order valence-electron chi connectivity index (χ0n) is 40.4. The van der Waals surface area contributed by atoms with Gasteiger partial charge < -0.3 is 38.8 Å². The summed E-state index contributed by atoms with van der Waals surface area (Å²) in [7, 11) is 0. The molecule has 6 atom stereocenters. The lowest BCUT2D eigenvalue weighted by Crippen LogP contribution is -2.46. The fraction of sp³-hybridized carbons (Fsp3) is 0.615. The first-order chi connectivity index (χ1) is 30.3. The third-order valence-electron chi connectivity index (χ3n) is 12.3. The summed E-state index contributed by atoms with van der Waals surface area (Å²) in [5, 5.41) is 16.1. The van der Waals surface area contributed by atoms with Crippen molar-refractivity contribution in [3.63, 3.8) is 0 Å². The van der Waals surface area contributed by atoms with Gasteiger partial charge in [-0.25, -0.2) is 9.97 Å². The zero-order chi connectivity index (χ0) is 46.6. The second-order valence-electron chi connectivity index (χ2n) is 19.8. The van der Waals surface area contributed by atoms with Crippen molar-refractivity contribution in [2.75, 3.05) is 13.1 Å². The number of aromatic nitrogens is 2.